The van der Waals surface area contributed by atoms with Gasteiger partial charge in [-0.2, -0.15) is 0 Å². The predicted octanol–water partition coefficient (Wildman–Crippen LogP) is 1.45. The van der Waals surface area contributed by atoms with Gasteiger partial charge in [-0.15, -0.1) is 0 Å². The molecule has 0 radical (unpaired) electrons. The van der Waals surface area contributed by atoms with Crippen molar-refractivity contribution < 1.29 is 14.6 Å². The fraction of sp³-hybridized carbons (Fsp3) is 0.500. The number of likely N-dealkylation sites (N-methyl/N-ethyl adjacent to an activating group) is 1. The Labute approximate surface area is 132 Å². The van der Waals surface area contributed by atoms with Gasteiger partial charge >= 0.3 is 0 Å². The quantitative estimate of drug-likeness (QED) is 0.765. The predicted molar refractivity (Wildman–Crippen MR) is 85.0 cm³/mol. The monoisotopic (exact) mass is 390 g/mol. The molecular weight excluding hydrogens is 371 g/mol. The smallest absolute Gasteiger partial charge is 0.251 e. The molecule has 0 bridgehead atoms. The van der Waals surface area contributed by atoms with Crippen molar-refractivity contribution in [1.29, 1.82) is 0 Å². The number of halogens is 1. The summed E-state index contributed by atoms with van der Waals surface area (Å²) in [4.78, 5) is 14.3. The molecule has 1 unspecified atom stereocenters. The van der Waals surface area contributed by atoms with E-state index in [-0.39, 0.29) is 17.8 Å². The molecule has 0 saturated carbocycles. The first-order chi connectivity index (χ1) is 9.60. The van der Waals surface area contributed by atoms with E-state index in [0.29, 0.717) is 18.7 Å². The Morgan fingerprint density at radius 1 is 1.60 bits per heavy atom. The summed E-state index contributed by atoms with van der Waals surface area (Å²) in [5.74, 6) is -0.0572. The summed E-state index contributed by atoms with van der Waals surface area (Å²) in [6.45, 7) is 6.11. The van der Waals surface area contributed by atoms with Crippen molar-refractivity contribution in [3.8, 4) is 5.75 Å². The van der Waals surface area contributed by atoms with E-state index in [4.69, 9.17) is 4.74 Å². The van der Waals surface area contributed by atoms with Crippen LogP contribution in [0.4, 0.5) is 0 Å². The third kappa shape index (κ3) is 4.07. The van der Waals surface area contributed by atoms with Crippen LogP contribution in [0.3, 0.4) is 0 Å². The highest BCUT2D eigenvalue weighted by atomic mass is 127. The van der Waals surface area contributed by atoms with Crippen molar-refractivity contribution in [2.24, 2.45) is 0 Å². The lowest BCUT2D eigenvalue weighted by Gasteiger charge is -2.32. The highest BCUT2D eigenvalue weighted by molar-refractivity contribution is 14.1. The van der Waals surface area contributed by atoms with Crippen LogP contribution in [0.2, 0.25) is 0 Å². The minimum Gasteiger partial charge on any atom is -0.507 e. The molecule has 1 aliphatic heterocycles. The average Bonchev–Trinajstić information content (AvgIpc) is 2.47. The van der Waals surface area contributed by atoms with Gasteiger partial charge in [0.05, 0.1) is 16.3 Å². The lowest BCUT2D eigenvalue weighted by atomic mass is 10.2. The standard InChI is InChI=1S/C14H19IN2O3/c1-2-17-5-6-20-11(9-17)8-16-14(19)10-3-4-12(15)13(18)7-10/h3-4,7,11,18H,2,5-6,8-9H2,1H3,(H,16,19). The molecule has 1 amide bonds. The molecule has 1 atom stereocenters. The largest absolute Gasteiger partial charge is 0.507 e. The summed E-state index contributed by atoms with van der Waals surface area (Å²) in [6.07, 6.45) is 0.0325. The number of phenols is 1. The van der Waals surface area contributed by atoms with E-state index in [9.17, 15) is 9.90 Å². The number of carbonyl (C=O) groups is 1. The minimum atomic E-state index is -0.186. The molecule has 20 heavy (non-hydrogen) atoms. The number of benzene rings is 1. The number of hydrogen-bond donors (Lipinski definition) is 2. The first kappa shape index (κ1) is 15.5. The van der Waals surface area contributed by atoms with Crippen LogP contribution in [-0.4, -0.2) is 54.8 Å². The van der Waals surface area contributed by atoms with Gasteiger partial charge in [-0.1, -0.05) is 6.92 Å². The highest BCUT2D eigenvalue weighted by Crippen LogP contribution is 2.20. The van der Waals surface area contributed by atoms with Gasteiger partial charge in [-0.05, 0) is 47.3 Å². The molecule has 2 rings (SSSR count). The minimum absolute atomic E-state index is 0.0325. The molecule has 5 nitrogen and oxygen atoms in total. The molecule has 2 N–H and O–H groups in total. The summed E-state index contributed by atoms with van der Waals surface area (Å²) in [5, 5.41) is 12.5. The Hall–Kier alpha value is -0.860. The second-order valence-corrected chi connectivity index (χ2v) is 5.92. The second kappa shape index (κ2) is 7.24. The van der Waals surface area contributed by atoms with E-state index < -0.39 is 0 Å². The van der Waals surface area contributed by atoms with E-state index in [2.05, 4.69) is 17.1 Å². The maximum atomic E-state index is 12.0. The number of amides is 1. The van der Waals surface area contributed by atoms with Gasteiger partial charge in [0.2, 0.25) is 0 Å². The molecular formula is C14H19IN2O3. The zero-order chi connectivity index (χ0) is 14.5. The number of aromatic hydroxyl groups is 1. The SMILES string of the molecule is CCN1CCOC(CNC(=O)c2ccc(I)c(O)c2)C1. The van der Waals surface area contributed by atoms with E-state index in [0.717, 1.165) is 23.2 Å². The molecule has 6 heteroatoms. The Bertz CT molecular complexity index is 481. The fourth-order valence-corrected chi connectivity index (χ4v) is 2.49. The molecule has 110 valence electrons. The molecule has 0 spiro atoms. The zero-order valence-electron chi connectivity index (χ0n) is 11.4. The van der Waals surface area contributed by atoms with Crippen molar-refractivity contribution in [2.75, 3.05) is 32.8 Å². The lowest BCUT2D eigenvalue weighted by molar-refractivity contribution is -0.0246. The Morgan fingerprint density at radius 2 is 2.40 bits per heavy atom. The highest BCUT2D eigenvalue weighted by Gasteiger charge is 2.20. The number of nitrogens with zero attached hydrogens (tertiary/aromatic N) is 1. The van der Waals surface area contributed by atoms with Gasteiger partial charge in [0.1, 0.15) is 5.75 Å². The summed E-state index contributed by atoms with van der Waals surface area (Å²) >= 11 is 2.02. The lowest BCUT2D eigenvalue weighted by Crippen LogP contribution is -2.47. The zero-order valence-corrected chi connectivity index (χ0v) is 13.6. The van der Waals surface area contributed by atoms with E-state index in [1.807, 2.05) is 22.6 Å². The number of phenolic OH excluding ortho intramolecular Hbond substituents is 1. The summed E-state index contributed by atoms with van der Waals surface area (Å²) in [7, 11) is 0. The third-order valence-corrected chi connectivity index (χ3v) is 4.28. The molecule has 1 aliphatic rings. The topological polar surface area (TPSA) is 61.8 Å². The molecule has 0 aromatic heterocycles. The van der Waals surface area contributed by atoms with E-state index in [1.54, 1.807) is 12.1 Å². The molecule has 1 aromatic rings. The Morgan fingerprint density at radius 3 is 3.10 bits per heavy atom. The van der Waals surface area contributed by atoms with Gasteiger partial charge in [-0.25, -0.2) is 0 Å². The first-order valence-corrected chi connectivity index (χ1v) is 7.78. The molecule has 1 aromatic carbocycles. The number of ether oxygens (including phenoxy) is 1. The van der Waals surface area contributed by atoms with Crippen LogP contribution in [0.15, 0.2) is 18.2 Å². The molecule has 1 saturated heterocycles. The maximum Gasteiger partial charge on any atom is 0.251 e. The van der Waals surface area contributed by atoms with E-state index in [1.165, 1.54) is 6.07 Å². The van der Waals surface area contributed by atoms with Crippen molar-refractivity contribution in [1.82, 2.24) is 10.2 Å². The molecule has 0 aliphatic carbocycles. The molecule has 1 heterocycles. The maximum absolute atomic E-state index is 12.0. The first-order valence-electron chi connectivity index (χ1n) is 6.70. The van der Waals surface area contributed by atoms with Crippen LogP contribution < -0.4 is 5.32 Å². The van der Waals surface area contributed by atoms with Gasteiger partial charge in [0, 0.05) is 25.2 Å². The van der Waals surface area contributed by atoms with Crippen LogP contribution in [0.5, 0.6) is 5.75 Å². The van der Waals surface area contributed by atoms with Crippen molar-refractivity contribution in [2.45, 2.75) is 13.0 Å². The van der Waals surface area contributed by atoms with Gasteiger partial charge in [0.25, 0.3) is 5.91 Å². The van der Waals surface area contributed by atoms with Crippen LogP contribution in [-0.2, 0) is 4.74 Å². The number of morpholine rings is 1. The Kier molecular flexibility index (Phi) is 5.62. The summed E-state index contributed by atoms with van der Waals surface area (Å²) in [5.41, 5.74) is 0.464. The summed E-state index contributed by atoms with van der Waals surface area (Å²) < 4.78 is 6.36. The number of nitrogens with one attached hydrogen (secondary N) is 1. The van der Waals surface area contributed by atoms with Crippen molar-refractivity contribution in [3.05, 3.63) is 27.3 Å². The average molecular weight is 390 g/mol. The Balaban J connectivity index is 1.87. The van der Waals surface area contributed by atoms with Crippen LogP contribution in [0.1, 0.15) is 17.3 Å². The number of hydrogen-bond acceptors (Lipinski definition) is 4. The fourth-order valence-electron chi connectivity index (χ4n) is 2.15. The number of rotatable bonds is 4. The molecule has 1 fully saturated rings. The third-order valence-electron chi connectivity index (χ3n) is 3.37. The summed E-state index contributed by atoms with van der Waals surface area (Å²) in [6, 6.07) is 4.91. The normalized spacial score (nSPS) is 19.8. The van der Waals surface area contributed by atoms with Crippen molar-refractivity contribution >= 4 is 28.5 Å². The number of carbonyl (C=O) groups excluding carboxylic acids is 1. The van der Waals surface area contributed by atoms with Crippen LogP contribution in [0.25, 0.3) is 0 Å². The second-order valence-electron chi connectivity index (χ2n) is 4.76. The van der Waals surface area contributed by atoms with Gasteiger partial charge in [-0.3, -0.25) is 9.69 Å². The van der Waals surface area contributed by atoms with Gasteiger partial charge < -0.3 is 15.2 Å². The van der Waals surface area contributed by atoms with Crippen LogP contribution >= 0.6 is 22.6 Å². The van der Waals surface area contributed by atoms with E-state index >= 15 is 0 Å². The van der Waals surface area contributed by atoms with Gasteiger partial charge in [0.15, 0.2) is 0 Å². The van der Waals surface area contributed by atoms with Crippen molar-refractivity contribution in [3.63, 3.8) is 0 Å². The van der Waals surface area contributed by atoms with Crippen LogP contribution in [0, 0.1) is 3.57 Å².